The van der Waals surface area contributed by atoms with Crippen LogP contribution in [0.2, 0.25) is 0 Å². The van der Waals surface area contributed by atoms with E-state index >= 15 is 0 Å². The van der Waals surface area contributed by atoms with Crippen molar-refractivity contribution in [3.63, 3.8) is 0 Å². The van der Waals surface area contributed by atoms with Crippen LogP contribution < -0.4 is 4.87 Å². The summed E-state index contributed by atoms with van der Waals surface area (Å²) >= 11 is 1.17. The maximum atomic E-state index is 11.8. The van der Waals surface area contributed by atoms with Crippen LogP contribution in [0.4, 0.5) is 0 Å². The summed E-state index contributed by atoms with van der Waals surface area (Å²) in [5.41, 5.74) is 1.98. The van der Waals surface area contributed by atoms with Crippen molar-refractivity contribution in [1.82, 2.24) is 4.57 Å². The lowest BCUT2D eigenvalue weighted by atomic mass is 10.1. The Kier molecular flexibility index (Phi) is 3.28. The van der Waals surface area contributed by atoms with Crippen LogP contribution in [0.5, 0.6) is 0 Å². The number of aromatic nitrogens is 1. The first-order chi connectivity index (χ1) is 8.13. The molecule has 0 bridgehead atoms. The molecule has 1 heterocycles. The van der Waals surface area contributed by atoms with Gasteiger partial charge in [-0.15, -0.1) is 0 Å². The molecule has 1 aromatic heterocycles. The van der Waals surface area contributed by atoms with Gasteiger partial charge in [-0.1, -0.05) is 30.4 Å². The fourth-order valence-corrected chi connectivity index (χ4v) is 2.86. The van der Waals surface area contributed by atoms with Gasteiger partial charge in [0.1, 0.15) is 0 Å². The van der Waals surface area contributed by atoms with Crippen LogP contribution in [-0.4, -0.2) is 15.6 Å². The topological polar surface area (TPSA) is 59.3 Å². The van der Waals surface area contributed by atoms with Crippen LogP contribution in [0.25, 0.3) is 10.2 Å². The van der Waals surface area contributed by atoms with Crippen LogP contribution in [0, 0.1) is 0 Å². The highest BCUT2D eigenvalue weighted by molar-refractivity contribution is 7.16. The summed E-state index contributed by atoms with van der Waals surface area (Å²) in [6.45, 7) is 2.27. The Bertz CT molecular complexity index is 612. The Labute approximate surface area is 102 Å². The van der Waals surface area contributed by atoms with Crippen molar-refractivity contribution in [2.24, 2.45) is 0 Å². The highest BCUT2D eigenvalue weighted by Crippen LogP contribution is 2.22. The molecule has 0 atom stereocenters. The zero-order chi connectivity index (χ0) is 12.4. The van der Waals surface area contributed by atoms with E-state index in [0.29, 0.717) is 0 Å². The first-order valence-electron chi connectivity index (χ1n) is 5.46. The van der Waals surface area contributed by atoms with Crippen LogP contribution in [0.1, 0.15) is 18.9 Å². The van der Waals surface area contributed by atoms with Gasteiger partial charge in [0.2, 0.25) is 0 Å². The maximum absolute atomic E-state index is 11.8. The third kappa shape index (κ3) is 2.24. The number of carboxylic acid groups (broad SMARTS) is 1. The predicted octanol–water partition coefficient (Wildman–Crippen LogP) is 2.10. The van der Waals surface area contributed by atoms with Crippen LogP contribution in [-0.2, 0) is 17.8 Å². The minimum Gasteiger partial charge on any atom is -0.481 e. The molecule has 5 heteroatoms. The van der Waals surface area contributed by atoms with E-state index in [0.717, 1.165) is 22.2 Å². The summed E-state index contributed by atoms with van der Waals surface area (Å²) in [5, 5.41) is 8.69. The number of carbonyl (C=O) groups is 1. The molecule has 0 saturated carbocycles. The van der Waals surface area contributed by atoms with Crippen molar-refractivity contribution < 1.29 is 9.90 Å². The molecule has 0 radical (unpaired) electrons. The molecule has 1 N–H and O–H groups in total. The lowest BCUT2D eigenvalue weighted by molar-refractivity contribution is -0.137. The number of nitrogens with zero attached hydrogens (tertiary/aromatic N) is 1. The minimum absolute atomic E-state index is 0.0240. The van der Waals surface area contributed by atoms with Crippen molar-refractivity contribution in [3.05, 3.63) is 33.4 Å². The van der Waals surface area contributed by atoms with Gasteiger partial charge in [-0.05, 0) is 18.1 Å². The second kappa shape index (κ2) is 4.71. The van der Waals surface area contributed by atoms with E-state index in [1.165, 1.54) is 11.3 Å². The average molecular weight is 251 g/mol. The molecular formula is C12H13NO3S. The largest absolute Gasteiger partial charge is 0.481 e. The van der Waals surface area contributed by atoms with E-state index < -0.39 is 5.97 Å². The first kappa shape index (κ1) is 11.9. The Morgan fingerprint density at radius 1 is 1.47 bits per heavy atom. The molecule has 0 aliphatic carbocycles. The molecule has 0 amide bonds. The smallest absolute Gasteiger partial charge is 0.308 e. The van der Waals surface area contributed by atoms with Gasteiger partial charge in [0, 0.05) is 6.54 Å². The van der Waals surface area contributed by atoms with E-state index in [-0.39, 0.29) is 17.8 Å². The Balaban J connectivity index is 2.56. The highest BCUT2D eigenvalue weighted by Gasteiger charge is 2.11. The number of fused-ring (bicyclic) bond motifs is 1. The van der Waals surface area contributed by atoms with Gasteiger partial charge < -0.3 is 5.11 Å². The molecule has 4 nitrogen and oxygen atoms in total. The standard InChI is InChI=1S/C12H13NO3S/c1-2-8-4-3-5-9-11(8)13(12(16)17-9)7-6-10(14)15/h3-5H,2,6-7H2,1H3,(H,14,15). The number of hydrogen-bond acceptors (Lipinski definition) is 3. The monoisotopic (exact) mass is 251 g/mol. The number of para-hydroxylation sites is 1. The fourth-order valence-electron chi connectivity index (χ4n) is 1.89. The molecule has 2 aromatic rings. The summed E-state index contributed by atoms with van der Waals surface area (Å²) in [6.07, 6.45) is 0.810. The van der Waals surface area contributed by atoms with Gasteiger partial charge in [0.05, 0.1) is 16.6 Å². The van der Waals surface area contributed by atoms with E-state index in [2.05, 4.69) is 0 Å². The summed E-state index contributed by atoms with van der Waals surface area (Å²) in [4.78, 5) is 22.3. The van der Waals surface area contributed by atoms with Gasteiger partial charge in [-0.2, -0.15) is 0 Å². The molecule has 0 aliphatic heterocycles. The van der Waals surface area contributed by atoms with Gasteiger partial charge in [0.25, 0.3) is 0 Å². The molecule has 90 valence electrons. The fraction of sp³-hybridized carbons (Fsp3) is 0.333. The second-order valence-electron chi connectivity index (χ2n) is 3.78. The summed E-state index contributed by atoms with van der Waals surface area (Å²) in [6, 6.07) is 5.81. The third-order valence-corrected chi connectivity index (χ3v) is 3.64. The number of thiazole rings is 1. The third-order valence-electron chi connectivity index (χ3n) is 2.70. The van der Waals surface area contributed by atoms with Gasteiger partial charge in [-0.3, -0.25) is 14.2 Å². The Hall–Kier alpha value is -1.62. The molecule has 0 spiro atoms. The number of aliphatic carboxylic acids is 1. The lowest BCUT2D eigenvalue weighted by Gasteiger charge is -2.05. The number of aryl methyl sites for hydroxylation is 2. The zero-order valence-electron chi connectivity index (χ0n) is 9.47. The quantitative estimate of drug-likeness (QED) is 0.905. The number of carboxylic acids is 1. The lowest BCUT2D eigenvalue weighted by Crippen LogP contribution is -2.15. The Morgan fingerprint density at radius 3 is 2.88 bits per heavy atom. The van der Waals surface area contributed by atoms with Crippen molar-refractivity contribution in [2.45, 2.75) is 26.3 Å². The number of benzene rings is 1. The minimum atomic E-state index is -0.884. The van der Waals surface area contributed by atoms with Crippen molar-refractivity contribution in [3.8, 4) is 0 Å². The number of rotatable bonds is 4. The van der Waals surface area contributed by atoms with Crippen molar-refractivity contribution in [1.29, 1.82) is 0 Å². The summed E-state index contributed by atoms with van der Waals surface area (Å²) in [5.74, 6) is -0.884. The Morgan fingerprint density at radius 2 is 2.24 bits per heavy atom. The molecule has 17 heavy (non-hydrogen) atoms. The second-order valence-corrected chi connectivity index (χ2v) is 4.77. The SMILES string of the molecule is CCc1cccc2sc(=O)n(CCC(=O)O)c12. The van der Waals surface area contributed by atoms with Crippen LogP contribution in [0.15, 0.2) is 23.0 Å². The van der Waals surface area contributed by atoms with E-state index in [1.807, 2.05) is 25.1 Å². The average Bonchev–Trinajstić information content (AvgIpc) is 2.61. The molecule has 2 rings (SSSR count). The molecule has 1 aromatic carbocycles. The maximum Gasteiger partial charge on any atom is 0.308 e. The zero-order valence-corrected chi connectivity index (χ0v) is 10.3. The van der Waals surface area contributed by atoms with Gasteiger partial charge in [0.15, 0.2) is 0 Å². The van der Waals surface area contributed by atoms with E-state index in [1.54, 1.807) is 4.57 Å². The number of hydrogen-bond donors (Lipinski definition) is 1. The first-order valence-corrected chi connectivity index (χ1v) is 6.28. The van der Waals surface area contributed by atoms with Crippen molar-refractivity contribution >= 4 is 27.5 Å². The van der Waals surface area contributed by atoms with Gasteiger partial charge >= 0.3 is 10.8 Å². The molecule has 0 aliphatic rings. The predicted molar refractivity (Wildman–Crippen MR) is 67.7 cm³/mol. The van der Waals surface area contributed by atoms with Gasteiger partial charge in [-0.25, -0.2) is 0 Å². The molecular weight excluding hydrogens is 238 g/mol. The normalized spacial score (nSPS) is 10.9. The summed E-state index contributed by atoms with van der Waals surface area (Å²) in [7, 11) is 0. The highest BCUT2D eigenvalue weighted by atomic mass is 32.1. The summed E-state index contributed by atoms with van der Waals surface area (Å²) < 4.78 is 2.51. The molecule has 0 fully saturated rings. The van der Waals surface area contributed by atoms with E-state index in [9.17, 15) is 9.59 Å². The van der Waals surface area contributed by atoms with Crippen LogP contribution in [0.3, 0.4) is 0 Å². The molecule has 0 saturated heterocycles. The van der Waals surface area contributed by atoms with Crippen LogP contribution >= 0.6 is 11.3 Å². The van der Waals surface area contributed by atoms with Crippen molar-refractivity contribution in [2.75, 3.05) is 0 Å². The van der Waals surface area contributed by atoms with E-state index in [4.69, 9.17) is 5.11 Å². The molecule has 0 unspecified atom stereocenters.